The van der Waals surface area contributed by atoms with Gasteiger partial charge in [-0.25, -0.2) is 0 Å². The highest BCUT2D eigenvalue weighted by molar-refractivity contribution is 4.91. The van der Waals surface area contributed by atoms with Gasteiger partial charge in [0.15, 0.2) is 0 Å². The minimum atomic E-state index is 0.147. The number of rotatable bonds is 7. The molecule has 0 saturated carbocycles. The molecule has 0 aliphatic heterocycles. The number of unbranched alkanes of at least 4 members (excludes halogenated alkanes) is 3. The standard InChI is InChI=1S/C10H19N3O/c1-2-3-4-5-7-13-9-10(6-8-14)11-12-13/h9,14H,2-8H2,1H3. The predicted molar refractivity (Wildman–Crippen MR) is 55.0 cm³/mol. The van der Waals surface area contributed by atoms with Gasteiger partial charge in [0.25, 0.3) is 0 Å². The van der Waals surface area contributed by atoms with Crippen LogP contribution < -0.4 is 0 Å². The second kappa shape index (κ2) is 6.54. The Morgan fingerprint density at radius 2 is 2.21 bits per heavy atom. The fraction of sp³-hybridized carbons (Fsp3) is 0.800. The van der Waals surface area contributed by atoms with E-state index in [2.05, 4.69) is 17.2 Å². The van der Waals surface area contributed by atoms with Crippen molar-refractivity contribution in [3.05, 3.63) is 11.9 Å². The lowest BCUT2D eigenvalue weighted by Gasteiger charge is -1.98. The normalized spacial score (nSPS) is 10.7. The molecular weight excluding hydrogens is 178 g/mol. The number of aliphatic hydroxyl groups is 1. The third-order valence-corrected chi connectivity index (χ3v) is 2.19. The highest BCUT2D eigenvalue weighted by Crippen LogP contribution is 2.01. The maximum Gasteiger partial charge on any atom is 0.0849 e. The van der Waals surface area contributed by atoms with Gasteiger partial charge in [-0.3, -0.25) is 4.68 Å². The van der Waals surface area contributed by atoms with Crippen molar-refractivity contribution in [2.75, 3.05) is 6.61 Å². The average Bonchev–Trinajstić information content (AvgIpc) is 2.61. The number of hydrogen-bond acceptors (Lipinski definition) is 3. The lowest BCUT2D eigenvalue weighted by atomic mass is 10.2. The van der Waals surface area contributed by atoms with Crippen molar-refractivity contribution >= 4 is 0 Å². The zero-order chi connectivity index (χ0) is 10.2. The largest absolute Gasteiger partial charge is 0.396 e. The van der Waals surface area contributed by atoms with Crippen LogP contribution in [-0.2, 0) is 13.0 Å². The van der Waals surface area contributed by atoms with Gasteiger partial charge in [-0.2, -0.15) is 0 Å². The van der Waals surface area contributed by atoms with Crippen molar-refractivity contribution in [3.8, 4) is 0 Å². The van der Waals surface area contributed by atoms with Crippen LogP contribution in [0.4, 0.5) is 0 Å². The molecule has 0 unspecified atom stereocenters. The number of hydrogen-bond donors (Lipinski definition) is 1. The van der Waals surface area contributed by atoms with Crippen LogP contribution in [0.1, 0.15) is 38.3 Å². The van der Waals surface area contributed by atoms with Gasteiger partial charge in [0.2, 0.25) is 0 Å². The molecule has 1 rings (SSSR count). The first-order chi connectivity index (χ1) is 6.86. The molecule has 0 aromatic carbocycles. The van der Waals surface area contributed by atoms with E-state index in [9.17, 15) is 0 Å². The molecule has 0 amide bonds. The van der Waals surface area contributed by atoms with Gasteiger partial charge < -0.3 is 5.11 Å². The molecule has 1 heterocycles. The minimum absolute atomic E-state index is 0.147. The minimum Gasteiger partial charge on any atom is -0.396 e. The molecule has 0 aliphatic rings. The summed E-state index contributed by atoms with van der Waals surface area (Å²) in [6.45, 7) is 3.29. The molecule has 0 radical (unpaired) electrons. The summed E-state index contributed by atoms with van der Waals surface area (Å²) in [5.41, 5.74) is 0.878. The van der Waals surface area contributed by atoms with Gasteiger partial charge in [0.1, 0.15) is 0 Å². The van der Waals surface area contributed by atoms with Crippen LogP contribution in [0.25, 0.3) is 0 Å². The number of aliphatic hydroxyl groups excluding tert-OH is 1. The molecule has 1 N–H and O–H groups in total. The van der Waals surface area contributed by atoms with Gasteiger partial charge in [0.05, 0.1) is 5.69 Å². The molecule has 4 heteroatoms. The monoisotopic (exact) mass is 197 g/mol. The summed E-state index contributed by atoms with van der Waals surface area (Å²) >= 11 is 0. The van der Waals surface area contributed by atoms with Crippen LogP contribution in [0.3, 0.4) is 0 Å². The van der Waals surface area contributed by atoms with Crippen molar-refractivity contribution in [1.29, 1.82) is 0 Å². The Bertz CT molecular complexity index is 247. The third kappa shape index (κ3) is 3.87. The van der Waals surface area contributed by atoms with Crippen LogP contribution >= 0.6 is 0 Å². The summed E-state index contributed by atoms with van der Waals surface area (Å²) in [6.07, 6.45) is 7.49. The van der Waals surface area contributed by atoms with Gasteiger partial charge >= 0.3 is 0 Å². The van der Waals surface area contributed by atoms with E-state index in [0.29, 0.717) is 6.42 Å². The average molecular weight is 197 g/mol. The van der Waals surface area contributed by atoms with E-state index >= 15 is 0 Å². The van der Waals surface area contributed by atoms with Gasteiger partial charge in [-0.15, -0.1) is 5.10 Å². The summed E-state index contributed by atoms with van der Waals surface area (Å²) in [5, 5.41) is 16.6. The Labute approximate surface area is 84.9 Å². The SMILES string of the molecule is CCCCCCn1cc(CCO)nn1. The number of aryl methyl sites for hydroxylation is 1. The fourth-order valence-electron chi connectivity index (χ4n) is 1.38. The molecule has 0 atom stereocenters. The van der Waals surface area contributed by atoms with E-state index in [1.165, 1.54) is 19.3 Å². The molecule has 0 spiro atoms. The zero-order valence-electron chi connectivity index (χ0n) is 8.82. The van der Waals surface area contributed by atoms with Crippen molar-refractivity contribution in [2.24, 2.45) is 0 Å². The Morgan fingerprint density at radius 3 is 2.93 bits per heavy atom. The van der Waals surface area contributed by atoms with E-state index in [1.807, 2.05) is 10.9 Å². The van der Waals surface area contributed by atoms with E-state index < -0.39 is 0 Å². The van der Waals surface area contributed by atoms with E-state index in [1.54, 1.807) is 0 Å². The van der Waals surface area contributed by atoms with Crippen molar-refractivity contribution < 1.29 is 5.11 Å². The molecule has 4 nitrogen and oxygen atoms in total. The fourth-order valence-corrected chi connectivity index (χ4v) is 1.38. The second-order valence-electron chi connectivity index (χ2n) is 3.51. The van der Waals surface area contributed by atoms with E-state index in [4.69, 9.17) is 5.11 Å². The lowest BCUT2D eigenvalue weighted by Crippen LogP contribution is -1.98. The molecular formula is C10H19N3O. The molecule has 0 saturated heterocycles. The number of aromatic nitrogens is 3. The van der Waals surface area contributed by atoms with Crippen LogP contribution in [0.5, 0.6) is 0 Å². The second-order valence-corrected chi connectivity index (χ2v) is 3.51. The summed E-state index contributed by atoms with van der Waals surface area (Å²) in [4.78, 5) is 0. The van der Waals surface area contributed by atoms with E-state index in [-0.39, 0.29) is 6.61 Å². The molecule has 80 valence electrons. The molecule has 14 heavy (non-hydrogen) atoms. The Morgan fingerprint density at radius 1 is 1.36 bits per heavy atom. The van der Waals surface area contributed by atoms with Gasteiger partial charge in [-0.1, -0.05) is 31.4 Å². The van der Waals surface area contributed by atoms with Crippen LogP contribution in [-0.4, -0.2) is 26.7 Å². The van der Waals surface area contributed by atoms with Crippen molar-refractivity contribution in [3.63, 3.8) is 0 Å². The van der Waals surface area contributed by atoms with E-state index in [0.717, 1.165) is 18.7 Å². The van der Waals surface area contributed by atoms with Crippen molar-refractivity contribution in [2.45, 2.75) is 45.6 Å². The van der Waals surface area contributed by atoms with Gasteiger partial charge in [-0.05, 0) is 6.42 Å². The highest BCUT2D eigenvalue weighted by atomic mass is 16.3. The summed E-state index contributed by atoms with van der Waals surface area (Å²) in [7, 11) is 0. The summed E-state index contributed by atoms with van der Waals surface area (Å²) in [5.74, 6) is 0. The summed E-state index contributed by atoms with van der Waals surface area (Å²) < 4.78 is 1.86. The predicted octanol–water partition coefficient (Wildman–Crippen LogP) is 1.39. The first-order valence-electron chi connectivity index (χ1n) is 5.36. The molecule has 0 aliphatic carbocycles. The molecule has 0 bridgehead atoms. The third-order valence-electron chi connectivity index (χ3n) is 2.19. The lowest BCUT2D eigenvalue weighted by molar-refractivity contribution is 0.298. The topological polar surface area (TPSA) is 50.9 Å². The molecule has 1 aromatic heterocycles. The Hall–Kier alpha value is -0.900. The maximum atomic E-state index is 8.70. The quantitative estimate of drug-likeness (QED) is 0.672. The van der Waals surface area contributed by atoms with Gasteiger partial charge in [0, 0.05) is 25.8 Å². The number of nitrogens with zero attached hydrogens (tertiary/aromatic N) is 3. The smallest absolute Gasteiger partial charge is 0.0849 e. The summed E-state index contributed by atoms with van der Waals surface area (Å²) in [6, 6.07) is 0. The van der Waals surface area contributed by atoms with Crippen molar-refractivity contribution in [1.82, 2.24) is 15.0 Å². The Kier molecular flexibility index (Phi) is 5.22. The zero-order valence-corrected chi connectivity index (χ0v) is 8.82. The molecule has 1 aromatic rings. The maximum absolute atomic E-state index is 8.70. The first kappa shape index (κ1) is 11.2. The van der Waals surface area contributed by atoms with Crippen LogP contribution in [0, 0.1) is 0 Å². The Balaban J connectivity index is 2.22. The van der Waals surface area contributed by atoms with Crippen LogP contribution in [0.15, 0.2) is 6.20 Å². The first-order valence-corrected chi connectivity index (χ1v) is 5.36. The molecule has 0 fully saturated rings. The highest BCUT2D eigenvalue weighted by Gasteiger charge is 1.98. The van der Waals surface area contributed by atoms with Crippen LogP contribution in [0.2, 0.25) is 0 Å².